The second kappa shape index (κ2) is 12.8. The molecule has 0 unspecified atom stereocenters. The molecule has 0 bridgehead atoms. The maximum Gasteiger partial charge on any atom is 0.252 e. The van der Waals surface area contributed by atoms with Crippen molar-refractivity contribution in [1.29, 1.82) is 0 Å². The molecule has 2 rings (SSSR count). The predicted molar refractivity (Wildman–Crippen MR) is 131 cm³/mol. The summed E-state index contributed by atoms with van der Waals surface area (Å²) in [5, 5.41) is 10.7. The van der Waals surface area contributed by atoms with Crippen LogP contribution in [0, 0.1) is 0 Å². The number of halogens is 1. The van der Waals surface area contributed by atoms with E-state index in [4.69, 9.17) is 0 Å². The first-order chi connectivity index (χ1) is 13.0. The first-order valence-electron chi connectivity index (χ1n) is 9.13. The standard InChI is InChI=1S/C18H28N4O2S3.HI/c1-4-19-18(21-13-15-10-12-25-14-15)20-11-9-16-7-8-17(26-16)27(23,24)22(5-2)6-3;/h7-8,10,12,14H,4-6,9,11,13H2,1-3H3,(H2,19,20,21);1H. The Kier molecular flexibility index (Phi) is 11.6. The molecule has 2 N–H and O–H groups in total. The van der Waals surface area contributed by atoms with Crippen molar-refractivity contribution in [3.8, 4) is 0 Å². The molecule has 0 radical (unpaired) electrons. The third-order valence-electron chi connectivity index (χ3n) is 3.94. The second-order valence-electron chi connectivity index (χ2n) is 5.81. The van der Waals surface area contributed by atoms with Crippen LogP contribution in [-0.4, -0.2) is 44.9 Å². The van der Waals surface area contributed by atoms with Crippen LogP contribution in [0.5, 0.6) is 0 Å². The first-order valence-corrected chi connectivity index (χ1v) is 12.3. The van der Waals surface area contributed by atoms with Gasteiger partial charge in [0.15, 0.2) is 5.96 Å². The van der Waals surface area contributed by atoms with Crippen molar-refractivity contribution >= 4 is 62.6 Å². The van der Waals surface area contributed by atoms with Crippen LogP contribution in [0.2, 0.25) is 0 Å². The third kappa shape index (κ3) is 7.29. The van der Waals surface area contributed by atoms with E-state index in [0.29, 0.717) is 30.4 Å². The van der Waals surface area contributed by atoms with Crippen molar-refractivity contribution in [2.24, 2.45) is 4.99 Å². The number of thiophene rings is 2. The topological polar surface area (TPSA) is 73.8 Å². The predicted octanol–water partition coefficient (Wildman–Crippen LogP) is 3.76. The molecule has 0 atom stereocenters. The molecule has 0 aliphatic carbocycles. The molecule has 0 spiro atoms. The fourth-order valence-corrected chi connectivity index (χ4v) is 6.15. The van der Waals surface area contributed by atoms with Gasteiger partial charge in [-0.1, -0.05) is 13.8 Å². The fraction of sp³-hybridized carbons (Fsp3) is 0.500. The number of guanidine groups is 1. The van der Waals surface area contributed by atoms with Gasteiger partial charge in [0.25, 0.3) is 10.0 Å². The van der Waals surface area contributed by atoms with Gasteiger partial charge < -0.3 is 10.6 Å². The molecule has 10 heteroatoms. The Morgan fingerprint density at radius 1 is 1.14 bits per heavy atom. The van der Waals surface area contributed by atoms with Gasteiger partial charge in [0.1, 0.15) is 4.21 Å². The third-order valence-corrected chi connectivity index (χ3v) is 8.34. The lowest BCUT2D eigenvalue weighted by Crippen LogP contribution is -2.38. The quantitative estimate of drug-likeness (QED) is 0.266. The molecule has 0 saturated carbocycles. The van der Waals surface area contributed by atoms with Crippen LogP contribution in [0.3, 0.4) is 0 Å². The highest BCUT2D eigenvalue weighted by molar-refractivity contribution is 14.0. The van der Waals surface area contributed by atoms with Gasteiger partial charge in [0.05, 0.1) is 6.54 Å². The summed E-state index contributed by atoms with van der Waals surface area (Å²) in [5.74, 6) is 0.774. The number of nitrogens with zero attached hydrogens (tertiary/aromatic N) is 2. The Morgan fingerprint density at radius 2 is 1.89 bits per heavy atom. The van der Waals surface area contributed by atoms with E-state index in [0.717, 1.165) is 23.8 Å². The number of rotatable bonds is 10. The van der Waals surface area contributed by atoms with Crippen LogP contribution in [0.1, 0.15) is 31.2 Å². The van der Waals surface area contributed by atoms with Crippen molar-refractivity contribution in [3.05, 3.63) is 39.4 Å². The van der Waals surface area contributed by atoms with E-state index in [9.17, 15) is 8.42 Å². The molecule has 0 aliphatic rings. The van der Waals surface area contributed by atoms with Crippen LogP contribution in [0.15, 0.2) is 38.2 Å². The fourth-order valence-electron chi connectivity index (χ4n) is 2.52. The lowest BCUT2D eigenvalue weighted by molar-refractivity contribution is 0.447. The van der Waals surface area contributed by atoms with Gasteiger partial charge in [0.2, 0.25) is 0 Å². The molecular weight excluding hydrogens is 527 g/mol. The number of hydrogen-bond donors (Lipinski definition) is 2. The maximum atomic E-state index is 12.6. The van der Waals surface area contributed by atoms with Crippen LogP contribution in [0.25, 0.3) is 0 Å². The monoisotopic (exact) mass is 556 g/mol. The minimum absolute atomic E-state index is 0. The molecule has 158 valence electrons. The molecule has 0 aliphatic heterocycles. The highest BCUT2D eigenvalue weighted by Crippen LogP contribution is 2.25. The van der Waals surface area contributed by atoms with Crippen LogP contribution >= 0.6 is 46.7 Å². The van der Waals surface area contributed by atoms with Crippen LogP contribution in [0.4, 0.5) is 0 Å². The normalized spacial score (nSPS) is 12.1. The minimum Gasteiger partial charge on any atom is -0.357 e. The van der Waals surface area contributed by atoms with E-state index in [1.807, 2.05) is 32.2 Å². The Hall–Kier alpha value is -0.690. The van der Waals surface area contributed by atoms with Gasteiger partial charge in [-0.2, -0.15) is 15.6 Å². The van der Waals surface area contributed by atoms with Gasteiger partial charge in [-0.05, 0) is 47.9 Å². The summed E-state index contributed by atoms with van der Waals surface area (Å²) >= 11 is 3.01. The average molecular weight is 557 g/mol. The zero-order valence-electron chi connectivity index (χ0n) is 16.5. The van der Waals surface area contributed by atoms with E-state index in [-0.39, 0.29) is 24.0 Å². The molecule has 2 aromatic rings. The lowest BCUT2D eigenvalue weighted by atomic mass is 10.3. The van der Waals surface area contributed by atoms with Crippen molar-refractivity contribution in [1.82, 2.24) is 14.9 Å². The average Bonchev–Trinajstić information content (AvgIpc) is 3.32. The van der Waals surface area contributed by atoms with Crippen LogP contribution < -0.4 is 10.6 Å². The zero-order valence-corrected chi connectivity index (χ0v) is 21.3. The van der Waals surface area contributed by atoms with Gasteiger partial charge in [-0.15, -0.1) is 35.3 Å². The Bertz CT molecular complexity index is 816. The summed E-state index contributed by atoms with van der Waals surface area (Å²) < 4.78 is 27.0. The van der Waals surface area contributed by atoms with Crippen molar-refractivity contribution < 1.29 is 8.42 Å². The van der Waals surface area contributed by atoms with E-state index < -0.39 is 10.0 Å². The highest BCUT2D eigenvalue weighted by atomic mass is 127. The molecule has 0 amide bonds. The van der Waals surface area contributed by atoms with Gasteiger partial charge in [0, 0.05) is 31.1 Å². The van der Waals surface area contributed by atoms with Crippen molar-refractivity contribution in [2.75, 3.05) is 26.2 Å². The van der Waals surface area contributed by atoms with Crippen LogP contribution in [-0.2, 0) is 23.0 Å². The van der Waals surface area contributed by atoms with E-state index in [2.05, 4.69) is 27.1 Å². The second-order valence-corrected chi connectivity index (χ2v) is 9.93. The Labute approximate surface area is 193 Å². The number of hydrogen-bond acceptors (Lipinski definition) is 5. The molecular formula is C18H29IN4O2S3. The summed E-state index contributed by atoms with van der Waals surface area (Å²) in [6.07, 6.45) is 0.751. The molecule has 2 aromatic heterocycles. The molecule has 6 nitrogen and oxygen atoms in total. The molecule has 2 heterocycles. The summed E-state index contributed by atoms with van der Waals surface area (Å²) in [6, 6.07) is 5.68. The molecule has 0 saturated heterocycles. The molecule has 0 fully saturated rings. The summed E-state index contributed by atoms with van der Waals surface area (Å²) in [5.41, 5.74) is 1.20. The zero-order chi connectivity index (χ0) is 19.7. The van der Waals surface area contributed by atoms with Crippen molar-refractivity contribution in [2.45, 2.75) is 37.9 Å². The molecule has 28 heavy (non-hydrogen) atoms. The largest absolute Gasteiger partial charge is 0.357 e. The van der Waals surface area contributed by atoms with Gasteiger partial charge >= 0.3 is 0 Å². The maximum absolute atomic E-state index is 12.6. The lowest BCUT2D eigenvalue weighted by Gasteiger charge is -2.16. The highest BCUT2D eigenvalue weighted by Gasteiger charge is 2.23. The summed E-state index contributed by atoms with van der Waals surface area (Å²) in [4.78, 5) is 5.62. The van der Waals surface area contributed by atoms with E-state index in [1.165, 1.54) is 21.2 Å². The van der Waals surface area contributed by atoms with Gasteiger partial charge in [-0.3, -0.25) is 0 Å². The number of aliphatic imine (C=N–C) groups is 1. The minimum atomic E-state index is -3.37. The first kappa shape index (κ1) is 25.3. The Morgan fingerprint density at radius 3 is 2.50 bits per heavy atom. The summed E-state index contributed by atoms with van der Waals surface area (Å²) in [6.45, 7) is 8.85. The van der Waals surface area contributed by atoms with E-state index >= 15 is 0 Å². The van der Waals surface area contributed by atoms with Crippen molar-refractivity contribution in [3.63, 3.8) is 0 Å². The number of nitrogens with one attached hydrogen (secondary N) is 2. The molecule has 0 aromatic carbocycles. The summed E-state index contributed by atoms with van der Waals surface area (Å²) in [7, 11) is -3.37. The number of sulfonamides is 1. The smallest absolute Gasteiger partial charge is 0.252 e. The van der Waals surface area contributed by atoms with E-state index in [1.54, 1.807) is 17.4 Å². The SMILES string of the molecule is CCNC(=NCc1ccsc1)NCCc1ccc(S(=O)(=O)N(CC)CC)s1.I. The van der Waals surface area contributed by atoms with Gasteiger partial charge in [-0.25, -0.2) is 13.4 Å². The Balaban J connectivity index is 0.00000392.